The van der Waals surface area contributed by atoms with Crippen molar-refractivity contribution in [2.24, 2.45) is 0 Å². The van der Waals surface area contributed by atoms with Crippen LogP contribution in [0.3, 0.4) is 0 Å². The van der Waals surface area contributed by atoms with Crippen LogP contribution in [0.15, 0.2) is 55.1 Å². The van der Waals surface area contributed by atoms with Crippen LogP contribution in [-0.4, -0.2) is 11.9 Å². The van der Waals surface area contributed by atoms with Gasteiger partial charge in [-0.05, 0) is 36.8 Å². The lowest BCUT2D eigenvalue weighted by molar-refractivity contribution is -0.130. The zero-order valence-electron chi connectivity index (χ0n) is 13.6. The number of carbonyl (C=O) groups excluding carboxylic acids is 2. The first kappa shape index (κ1) is 19.0. The fourth-order valence-electron chi connectivity index (χ4n) is 1.92. The maximum Gasteiger partial charge on any atom is 0.338 e. The van der Waals surface area contributed by atoms with Gasteiger partial charge in [0.05, 0.1) is 0 Å². The minimum atomic E-state index is -1.41. The molecule has 0 N–H and O–H groups in total. The van der Waals surface area contributed by atoms with E-state index in [2.05, 4.69) is 17.9 Å². The second-order valence-corrected chi connectivity index (χ2v) is 5.18. The molecule has 0 unspecified atom stereocenters. The molecular formula is C19H13F3O4. The summed E-state index contributed by atoms with van der Waals surface area (Å²) in [7, 11) is 0. The second kappa shape index (κ2) is 7.69. The third-order valence-electron chi connectivity index (χ3n) is 3.22. The quantitative estimate of drug-likeness (QED) is 0.451. The highest BCUT2D eigenvalue weighted by Crippen LogP contribution is 2.32. The van der Waals surface area contributed by atoms with E-state index in [9.17, 15) is 22.8 Å². The summed E-state index contributed by atoms with van der Waals surface area (Å²) in [6.45, 7) is 7.92. The van der Waals surface area contributed by atoms with E-state index in [0.717, 1.165) is 30.3 Å². The van der Waals surface area contributed by atoms with Crippen molar-refractivity contribution >= 4 is 11.9 Å². The minimum Gasteiger partial charge on any atom is -0.420 e. The zero-order valence-corrected chi connectivity index (χ0v) is 13.6. The van der Waals surface area contributed by atoms with Gasteiger partial charge >= 0.3 is 11.9 Å². The maximum absolute atomic E-state index is 14.2. The van der Waals surface area contributed by atoms with E-state index in [1.165, 1.54) is 13.0 Å². The van der Waals surface area contributed by atoms with Gasteiger partial charge in [-0.25, -0.2) is 18.4 Å². The van der Waals surface area contributed by atoms with Gasteiger partial charge in [0.25, 0.3) is 0 Å². The number of carbonyl (C=O) groups is 2. The molecule has 4 nitrogen and oxygen atoms in total. The summed E-state index contributed by atoms with van der Waals surface area (Å²) in [5.41, 5.74) is -0.195. The molecule has 0 spiro atoms. The van der Waals surface area contributed by atoms with Gasteiger partial charge in [0.1, 0.15) is 0 Å². The SMILES string of the molecule is C=CC(=O)Oc1ccc(-c2ccc(OC(=O)C(=C)C)c(F)c2)c(F)c1F. The highest BCUT2D eigenvalue weighted by molar-refractivity contribution is 5.89. The van der Waals surface area contributed by atoms with Crippen LogP contribution in [0.25, 0.3) is 11.1 Å². The van der Waals surface area contributed by atoms with E-state index in [1.807, 2.05) is 0 Å². The van der Waals surface area contributed by atoms with Crippen molar-refractivity contribution in [2.45, 2.75) is 6.92 Å². The number of ether oxygens (including phenoxy) is 2. The van der Waals surface area contributed by atoms with Crippen LogP contribution in [0, 0.1) is 17.5 Å². The summed E-state index contributed by atoms with van der Waals surface area (Å²) < 4.78 is 51.7. The molecule has 0 bridgehead atoms. The van der Waals surface area contributed by atoms with Gasteiger partial charge in [0, 0.05) is 17.2 Å². The molecular weight excluding hydrogens is 349 g/mol. The Morgan fingerprint density at radius 3 is 2.23 bits per heavy atom. The molecule has 0 aliphatic rings. The molecule has 0 amide bonds. The smallest absolute Gasteiger partial charge is 0.338 e. The monoisotopic (exact) mass is 362 g/mol. The van der Waals surface area contributed by atoms with Crippen molar-refractivity contribution < 1.29 is 32.2 Å². The van der Waals surface area contributed by atoms with Gasteiger partial charge in [0.2, 0.25) is 5.82 Å². The van der Waals surface area contributed by atoms with Crippen molar-refractivity contribution in [3.8, 4) is 22.6 Å². The van der Waals surface area contributed by atoms with Crippen molar-refractivity contribution in [3.63, 3.8) is 0 Å². The largest absolute Gasteiger partial charge is 0.420 e. The molecule has 26 heavy (non-hydrogen) atoms. The van der Waals surface area contributed by atoms with Crippen LogP contribution in [0.1, 0.15) is 6.92 Å². The van der Waals surface area contributed by atoms with Crippen LogP contribution in [-0.2, 0) is 9.59 Å². The maximum atomic E-state index is 14.2. The lowest BCUT2D eigenvalue weighted by Crippen LogP contribution is -2.09. The van der Waals surface area contributed by atoms with Gasteiger partial charge in [-0.1, -0.05) is 19.2 Å². The average Bonchev–Trinajstić information content (AvgIpc) is 2.60. The molecule has 0 aliphatic heterocycles. The van der Waals surface area contributed by atoms with Crippen molar-refractivity contribution in [1.82, 2.24) is 0 Å². The van der Waals surface area contributed by atoms with Crippen LogP contribution in [0.4, 0.5) is 13.2 Å². The van der Waals surface area contributed by atoms with Crippen molar-refractivity contribution in [2.75, 3.05) is 0 Å². The van der Waals surface area contributed by atoms with Gasteiger partial charge in [-0.15, -0.1) is 0 Å². The number of hydrogen-bond acceptors (Lipinski definition) is 4. The lowest BCUT2D eigenvalue weighted by Gasteiger charge is -2.10. The summed E-state index contributed by atoms with van der Waals surface area (Å²) >= 11 is 0. The van der Waals surface area contributed by atoms with Crippen LogP contribution in [0.5, 0.6) is 11.5 Å². The Kier molecular flexibility index (Phi) is 5.61. The topological polar surface area (TPSA) is 52.6 Å². The van der Waals surface area contributed by atoms with Crippen LogP contribution < -0.4 is 9.47 Å². The fourth-order valence-corrected chi connectivity index (χ4v) is 1.92. The number of halogens is 3. The van der Waals surface area contributed by atoms with E-state index in [1.54, 1.807) is 0 Å². The fraction of sp³-hybridized carbons (Fsp3) is 0.0526. The van der Waals surface area contributed by atoms with Crippen molar-refractivity contribution in [1.29, 1.82) is 0 Å². The normalized spacial score (nSPS) is 10.2. The molecule has 2 aromatic rings. The molecule has 0 saturated carbocycles. The van der Waals surface area contributed by atoms with Gasteiger partial charge in [-0.2, -0.15) is 4.39 Å². The Bertz CT molecular complexity index is 919. The summed E-state index contributed by atoms with van der Waals surface area (Å²) in [6, 6.07) is 5.39. The van der Waals surface area contributed by atoms with E-state index in [0.29, 0.717) is 0 Å². The Hall–Kier alpha value is -3.35. The van der Waals surface area contributed by atoms with Crippen LogP contribution >= 0.6 is 0 Å². The van der Waals surface area contributed by atoms with Gasteiger partial charge in [0.15, 0.2) is 23.1 Å². The first-order valence-electron chi connectivity index (χ1n) is 7.24. The van der Waals surface area contributed by atoms with Gasteiger partial charge in [-0.3, -0.25) is 0 Å². The standard InChI is InChI=1S/C19H13F3O4/c1-4-16(23)25-15-8-6-12(17(21)18(15)22)11-5-7-14(13(20)9-11)26-19(24)10(2)3/h4-9H,1-2H2,3H3. The molecule has 7 heteroatoms. The lowest BCUT2D eigenvalue weighted by atomic mass is 10.0. The molecule has 2 rings (SSSR count). The summed E-state index contributed by atoms with van der Waals surface area (Å²) in [5, 5.41) is 0. The predicted molar refractivity (Wildman–Crippen MR) is 88.0 cm³/mol. The Morgan fingerprint density at radius 2 is 1.65 bits per heavy atom. The third kappa shape index (κ3) is 4.00. The predicted octanol–water partition coefficient (Wildman–Crippen LogP) is 4.34. The Morgan fingerprint density at radius 1 is 1.00 bits per heavy atom. The van der Waals surface area contributed by atoms with Gasteiger partial charge < -0.3 is 9.47 Å². The molecule has 0 fully saturated rings. The Balaban J connectivity index is 2.37. The number of hydrogen-bond donors (Lipinski definition) is 0. The Labute approximate surface area is 147 Å². The zero-order chi connectivity index (χ0) is 19.4. The first-order chi connectivity index (χ1) is 12.2. The molecule has 0 heterocycles. The van der Waals surface area contributed by atoms with E-state index < -0.39 is 35.1 Å². The van der Waals surface area contributed by atoms with Crippen LogP contribution in [0.2, 0.25) is 0 Å². The summed E-state index contributed by atoms with van der Waals surface area (Å²) in [5.74, 6) is -6.45. The molecule has 0 aromatic heterocycles. The summed E-state index contributed by atoms with van der Waals surface area (Å²) in [6.07, 6.45) is 0.797. The molecule has 134 valence electrons. The first-order valence-corrected chi connectivity index (χ1v) is 7.24. The molecule has 0 saturated heterocycles. The van der Waals surface area contributed by atoms with E-state index in [4.69, 9.17) is 4.74 Å². The summed E-state index contributed by atoms with van der Waals surface area (Å²) in [4.78, 5) is 22.5. The van der Waals surface area contributed by atoms with Crippen molar-refractivity contribution in [3.05, 3.63) is 72.6 Å². The number of benzene rings is 2. The number of esters is 2. The van der Waals surface area contributed by atoms with E-state index >= 15 is 0 Å². The number of rotatable bonds is 5. The second-order valence-electron chi connectivity index (χ2n) is 5.18. The molecule has 2 aromatic carbocycles. The molecule has 0 radical (unpaired) electrons. The van der Waals surface area contributed by atoms with E-state index in [-0.39, 0.29) is 22.4 Å². The highest BCUT2D eigenvalue weighted by Gasteiger charge is 2.19. The highest BCUT2D eigenvalue weighted by atomic mass is 19.2. The average molecular weight is 362 g/mol. The third-order valence-corrected chi connectivity index (χ3v) is 3.22. The molecule has 0 atom stereocenters. The molecule has 0 aliphatic carbocycles. The minimum absolute atomic E-state index is 0.00405.